The molecule has 2 nitrogen and oxygen atoms in total. The standard InChI is InChI=1S/C9H10BrNO/c10-8-3-1-2-7-6(8)4-5-9(7,11)12/h1-3,12H,4-5,11H2. The van der Waals surface area contributed by atoms with Gasteiger partial charge in [0.15, 0.2) is 0 Å². The molecule has 1 aromatic rings. The predicted octanol–water partition coefficient (Wildman–Crippen LogP) is 1.50. The summed E-state index contributed by atoms with van der Waals surface area (Å²) in [4.78, 5) is 0. The molecule has 0 spiro atoms. The Balaban J connectivity index is 2.61. The summed E-state index contributed by atoms with van der Waals surface area (Å²) < 4.78 is 1.04. The van der Waals surface area contributed by atoms with Crippen molar-refractivity contribution in [2.75, 3.05) is 0 Å². The minimum atomic E-state index is -1.11. The van der Waals surface area contributed by atoms with Gasteiger partial charge in [-0.3, -0.25) is 5.73 Å². The summed E-state index contributed by atoms with van der Waals surface area (Å²) in [5.41, 5.74) is 6.58. The zero-order valence-corrected chi connectivity index (χ0v) is 8.13. The van der Waals surface area contributed by atoms with Crippen LogP contribution in [0.25, 0.3) is 0 Å². The van der Waals surface area contributed by atoms with Crippen LogP contribution >= 0.6 is 15.9 Å². The van der Waals surface area contributed by atoms with Crippen molar-refractivity contribution in [3.63, 3.8) is 0 Å². The number of fused-ring (bicyclic) bond motifs is 1. The molecule has 0 saturated carbocycles. The van der Waals surface area contributed by atoms with E-state index in [2.05, 4.69) is 15.9 Å². The van der Waals surface area contributed by atoms with Crippen molar-refractivity contribution in [1.82, 2.24) is 0 Å². The minimum Gasteiger partial charge on any atom is -0.372 e. The Bertz CT molecular complexity index is 322. The van der Waals surface area contributed by atoms with E-state index in [1.165, 1.54) is 0 Å². The van der Waals surface area contributed by atoms with Gasteiger partial charge in [0.05, 0.1) is 0 Å². The van der Waals surface area contributed by atoms with Crippen molar-refractivity contribution in [3.05, 3.63) is 33.8 Å². The van der Waals surface area contributed by atoms with Gasteiger partial charge in [0.2, 0.25) is 0 Å². The lowest BCUT2D eigenvalue weighted by molar-refractivity contribution is 0.0458. The third-order valence-electron chi connectivity index (χ3n) is 2.34. The quantitative estimate of drug-likeness (QED) is 0.661. The lowest BCUT2D eigenvalue weighted by atomic mass is 10.1. The fourth-order valence-electron chi connectivity index (χ4n) is 1.67. The molecule has 0 radical (unpaired) electrons. The summed E-state index contributed by atoms with van der Waals surface area (Å²) in [6.45, 7) is 0. The fourth-order valence-corrected chi connectivity index (χ4v) is 2.23. The van der Waals surface area contributed by atoms with E-state index >= 15 is 0 Å². The molecule has 1 unspecified atom stereocenters. The first-order chi connectivity index (χ1) is 5.61. The SMILES string of the molecule is NC1(O)CCc2c(Br)cccc21. The van der Waals surface area contributed by atoms with Gasteiger partial charge in [-0.1, -0.05) is 28.1 Å². The number of benzene rings is 1. The predicted molar refractivity (Wildman–Crippen MR) is 50.5 cm³/mol. The fraction of sp³-hybridized carbons (Fsp3) is 0.333. The maximum absolute atomic E-state index is 9.73. The van der Waals surface area contributed by atoms with Crippen molar-refractivity contribution in [2.24, 2.45) is 5.73 Å². The van der Waals surface area contributed by atoms with Crippen molar-refractivity contribution in [2.45, 2.75) is 18.6 Å². The molecule has 2 rings (SSSR count). The van der Waals surface area contributed by atoms with E-state index < -0.39 is 5.72 Å². The lowest BCUT2D eigenvalue weighted by Gasteiger charge is -2.17. The third kappa shape index (κ3) is 1.09. The van der Waals surface area contributed by atoms with Crippen LogP contribution in [0.1, 0.15) is 17.5 Å². The average Bonchev–Trinajstić information content (AvgIpc) is 2.30. The van der Waals surface area contributed by atoms with Crippen LogP contribution in [-0.2, 0) is 12.1 Å². The van der Waals surface area contributed by atoms with Gasteiger partial charge in [-0.05, 0) is 24.5 Å². The molecule has 0 fully saturated rings. The Morgan fingerprint density at radius 1 is 1.50 bits per heavy atom. The van der Waals surface area contributed by atoms with Crippen LogP contribution in [0.3, 0.4) is 0 Å². The molecule has 0 aliphatic heterocycles. The number of nitrogens with two attached hydrogens (primary N) is 1. The van der Waals surface area contributed by atoms with Crippen LogP contribution < -0.4 is 5.73 Å². The van der Waals surface area contributed by atoms with Gasteiger partial charge in [-0.15, -0.1) is 0 Å². The van der Waals surface area contributed by atoms with Crippen LogP contribution in [0.5, 0.6) is 0 Å². The Hall–Kier alpha value is -0.380. The van der Waals surface area contributed by atoms with Gasteiger partial charge in [0, 0.05) is 10.0 Å². The summed E-state index contributed by atoms with van der Waals surface area (Å²) in [7, 11) is 0. The van der Waals surface area contributed by atoms with E-state index in [4.69, 9.17) is 5.73 Å². The molecule has 0 saturated heterocycles. The maximum atomic E-state index is 9.73. The Morgan fingerprint density at radius 2 is 2.25 bits per heavy atom. The van der Waals surface area contributed by atoms with E-state index in [1.54, 1.807) is 0 Å². The van der Waals surface area contributed by atoms with Crippen molar-refractivity contribution in [3.8, 4) is 0 Å². The highest BCUT2D eigenvalue weighted by Crippen LogP contribution is 2.36. The smallest absolute Gasteiger partial charge is 0.140 e. The number of halogens is 1. The van der Waals surface area contributed by atoms with Crippen LogP contribution in [0.2, 0.25) is 0 Å². The first-order valence-corrected chi connectivity index (χ1v) is 4.70. The van der Waals surface area contributed by atoms with Gasteiger partial charge in [-0.2, -0.15) is 0 Å². The van der Waals surface area contributed by atoms with Crippen molar-refractivity contribution in [1.29, 1.82) is 0 Å². The summed E-state index contributed by atoms with van der Waals surface area (Å²) in [6.07, 6.45) is 1.47. The van der Waals surface area contributed by atoms with Crippen molar-refractivity contribution >= 4 is 15.9 Å². The Labute approximate surface area is 79.5 Å². The molecule has 1 atom stereocenters. The van der Waals surface area contributed by atoms with Gasteiger partial charge >= 0.3 is 0 Å². The summed E-state index contributed by atoms with van der Waals surface area (Å²) in [6, 6.07) is 5.75. The zero-order chi connectivity index (χ0) is 8.77. The van der Waals surface area contributed by atoms with Crippen molar-refractivity contribution < 1.29 is 5.11 Å². The number of hydrogen-bond acceptors (Lipinski definition) is 2. The van der Waals surface area contributed by atoms with Crippen LogP contribution in [-0.4, -0.2) is 5.11 Å². The van der Waals surface area contributed by atoms with Crippen LogP contribution in [0, 0.1) is 0 Å². The molecule has 1 aliphatic carbocycles. The van der Waals surface area contributed by atoms with E-state index in [-0.39, 0.29) is 0 Å². The van der Waals surface area contributed by atoms with E-state index in [1.807, 2.05) is 18.2 Å². The number of aliphatic hydroxyl groups is 1. The van der Waals surface area contributed by atoms with E-state index in [9.17, 15) is 5.11 Å². The second-order valence-corrected chi connectivity index (χ2v) is 4.04. The molecule has 3 N–H and O–H groups in total. The first-order valence-electron chi connectivity index (χ1n) is 3.90. The largest absolute Gasteiger partial charge is 0.372 e. The van der Waals surface area contributed by atoms with Gasteiger partial charge in [0.25, 0.3) is 0 Å². The van der Waals surface area contributed by atoms with Gasteiger partial charge in [-0.25, -0.2) is 0 Å². The molecule has 3 heteroatoms. The molecule has 1 aromatic carbocycles. The molecular formula is C9H10BrNO. The summed E-state index contributed by atoms with van der Waals surface area (Å²) in [5.74, 6) is 0. The highest BCUT2D eigenvalue weighted by Gasteiger charge is 2.33. The normalized spacial score (nSPS) is 27.2. The van der Waals surface area contributed by atoms with Gasteiger partial charge in [0.1, 0.15) is 5.72 Å². The molecule has 0 amide bonds. The number of rotatable bonds is 0. The molecule has 0 aromatic heterocycles. The lowest BCUT2D eigenvalue weighted by Crippen LogP contribution is -2.33. The van der Waals surface area contributed by atoms with Crippen LogP contribution in [0.15, 0.2) is 22.7 Å². The maximum Gasteiger partial charge on any atom is 0.140 e. The van der Waals surface area contributed by atoms with Gasteiger partial charge < -0.3 is 5.11 Å². The number of hydrogen-bond donors (Lipinski definition) is 2. The molecule has 0 bridgehead atoms. The molecule has 1 aliphatic rings. The molecule has 12 heavy (non-hydrogen) atoms. The average molecular weight is 228 g/mol. The highest BCUT2D eigenvalue weighted by atomic mass is 79.9. The Morgan fingerprint density at radius 3 is 2.92 bits per heavy atom. The van der Waals surface area contributed by atoms with E-state index in [0.29, 0.717) is 6.42 Å². The summed E-state index contributed by atoms with van der Waals surface area (Å²) in [5, 5.41) is 9.73. The zero-order valence-electron chi connectivity index (χ0n) is 6.55. The monoisotopic (exact) mass is 227 g/mol. The topological polar surface area (TPSA) is 46.2 Å². The first kappa shape index (κ1) is 8.23. The highest BCUT2D eigenvalue weighted by molar-refractivity contribution is 9.10. The summed E-state index contributed by atoms with van der Waals surface area (Å²) >= 11 is 3.43. The molecule has 64 valence electrons. The minimum absolute atomic E-state index is 0.616. The third-order valence-corrected chi connectivity index (χ3v) is 3.08. The second-order valence-electron chi connectivity index (χ2n) is 3.19. The Kier molecular flexibility index (Phi) is 1.75. The van der Waals surface area contributed by atoms with E-state index in [0.717, 1.165) is 22.0 Å². The van der Waals surface area contributed by atoms with Crippen LogP contribution in [0.4, 0.5) is 0 Å². The second kappa shape index (κ2) is 2.55. The molecule has 0 heterocycles. The molecular weight excluding hydrogens is 218 g/mol.